The van der Waals surface area contributed by atoms with E-state index in [0.717, 1.165) is 29.1 Å². The Bertz CT molecular complexity index is 627. The molecule has 0 atom stereocenters. The minimum absolute atomic E-state index is 0.344. The molecule has 1 heterocycles. The van der Waals surface area contributed by atoms with Gasteiger partial charge in [0, 0.05) is 17.2 Å². The van der Waals surface area contributed by atoms with Crippen molar-refractivity contribution in [3.05, 3.63) is 35.3 Å². The van der Waals surface area contributed by atoms with Gasteiger partial charge in [0.1, 0.15) is 5.01 Å². The van der Waals surface area contributed by atoms with Crippen LogP contribution in [0.25, 0.3) is 10.6 Å². The molecule has 0 aliphatic heterocycles. The van der Waals surface area contributed by atoms with Gasteiger partial charge in [0.05, 0.1) is 10.6 Å². The summed E-state index contributed by atoms with van der Waals surface area (Å²) in [6, 6.07) is 6.88. The van der Waals surface area contributed by atoms with Crippen LogP contribution >= 0.6 is 11.3 Å². The van der Waals surface area contributed by atoms with Gasteiger partial charge >= 0.3 is 0 Å². The molecular formula is C13H15NO2S2. The molecule has 0 unspecified atom stereocenters. The molecule has 3 nitrogen and oxygen atoms in total. The van der Waals surface area contributed by atoms with Gasteiger partial charge in [0.2, 0.25) is 0 Å². The Kier molecular flexibility index (Phi) is 3.82. The number of hydrogen-bond acceptors (Lipinski definition) is 4. The van der Waals surface area contributed by atoms with Gasteiger partial charge in [-0.15, -0.1) is 11.3 Å². The van der Waals surface area contributed by atoms with Crippen molar-refractivity contribution in [3.8, 4) is 10.6 Å². The number of nitrogens with zero attached hydrogens (tertiary/aromatic N) is 1. The highest BCUT2D eigenvalue weighted by atomic mass is 32.2. The van der Waals surface area contributed by atoms with Gasteiger partial charge in [0.25, 0.3) is 0 Å². The van der Waals surface area contributed by atoms with Gasteiger partial charge < -0.3 is 0 Å². The third kappa shape index (κ3) is 2.97. The lowest BCUT2D eigenvalue weighted by molar-refractivity contribution is 0.602. The topological polar surface area (TPSA) is 47.0 Å². The second-order valence-corrected chi connectivity index (χ2v) is 7.06. The van der Waals surface area contributed by atoms with Crippen LogP contribution in [0, 0.1) is 0 Å². The first-order chi connectivity index (χ1) is 8.50. The summed E-state index contributed by atoms with van der Waals surface area (Å²) in [7, 11) is -3.12. The van der Waals surface area contributed by atoms with Crippen molar-refractivity contribution in [1.82, 2.24) is 4.98 Å². The van der Waals surface area contributed by atoms with Gasteiger partial charge in [-0.25, -0.2) is 13.4 Å². The van der Waals surface area contributed by atoms with Crippen molar-refractivity contribution in [2.75, 3.05) is 6.26 Å². The van der Waals surface area contributed by atoms with Crippen LogP contribution in [0.3, 0.4) is 0 Å². The fourth-order valence-corrected chi connectivity index (χ4v) is 3.15. The number of aromatic nitrogens is 1. The van der Waals surface area contributed by atoms with E-state index >= 15 is 0 Å². The van der Waals surface area contributed by atoms with Crippen molar-refractivity contribution < 1.29 is 8.42 Å². The van der Waals surface area contributed by atoms with E-state index in [2.05, 4.69) is 17.3 Å². The van der Waals surface area contributed by atoms with Crippen LogP contribution in [0.4, 0.5) is 0 Å². The van der Waals surface area contributed by atoms with E-state index in [1.807, 2.05) is 12.1 Å². The summed E-state index contributed by atoms with van der Waals surface area (Å²) in [6.07, 6.45) is 3.28. The van der Waals surface area contributed by atoms with E-state index in [1.54, 1.807) is 23.5 Å². The zero-order chi connectivity index (χ0) is 13.2. The van der Waals surface area contributed by atoms with E-state index in [1.165, 1.54) is 6.26 Å². The van der Waals surface area contributed by atoms with Gasteiger partial charge in [-0.3, -0.25) is 0 Å². The molecule has 96 valence electrons. The first kappa shape index (κ1) is 13.2. The molecule has 0 aliphatic rings. The molecule has 0 bridgehead atoms. The quantitative estimate of drug-likeness (QED) is 0.865. The third-order valence-corrected chi connectivity index (χ3v) is 4.66. The fourth-order valence-electron chi connectivity index (χ4n) is 1.66. The van der Waals surface area contributed by atoms with Crippen LogP contribution in [0.15, 0.2) is 34.5 Å². The van der Waals surface area contributed by atoms with E-state index in [-0.39, 0.29) is 0 Å². The van der Waals surface area contributed by atoms with Crippen molar-refractivity contribution in [1.29, 1.82) is 0 Å². The molecule has 0 amide bonds. The number of rotatable bonds is 4. The summed E-state index contributed by atoms with van der Waals surface area (Å²) < 4.78 is 22.7. The van der Waals surface area contributed by atoms with Crippen LogP contribution in [-0.2, 0) is 16.3 Å². The minimum atomic E-state index is -3.12. The normalized spacial score (nSPS) is 11.7. The highest BCUT2D eigenvalue weighted by Gasteiger charge is 2.08. The van der Waals surface area contributed by atoms with Gasteiger partial charge in [-0.2, -0.15) is 0 Å². The van der Waals surface area contributed by atoms with E-state index in [9.17, 15) is 8.42 Å². The molecule has 0 aliphatic carbocycles. The molecule has 1 aromatic heterocycles. The Morgan fingerprint density at radius 1 is 1.22 bits per heavy atom. The number of sulfone groups is 1. The van der Waals surface area contributed by atoms with Crippen LogP contribution in [0.2, 0.25) is 0 Å². The summed E-state index contributed by atoms with van der Waals surface area (Å²) in [6.45, 7) is 2.12. The lowest BCUT2D eigenvalue weighted by atomic mass is 10.2. The van der Waals surface area contributed by atoms with Crippen molar-refractivity contribution >= 4 is 21.2 Å². The zero-order valence-corrected chi connectivity index (χ0v) is 12.0. The van der Waals surface area contributed by atoms with Crippen molar-refractivity contribution in [2.45, 2.75) is 24.7 Å². The molecule has 0 N–H and O–H groups in total. The predicted octanol–water partition coefficient (Wildman–Crippen LogP) is 3.17. The van der Waals surface area contributed by atoms with Gasteiger partial charge in [0.15, 0.2) is 9.84 Å². The Morgan fingerprint density at radius 3 is 2.44 bits per heavy atom. The summed E-state index contributed by atoms with van der Waals surface area (Å²) in [5, 5.41) is 3.00. The molecule has 2 aromatic rings. The van der Waals surface area contributed by atoms with Gasteiger partial charge in [-0.05, 0) is 18.6 Å². The summed E-state index contributed by atoms with van der Waals surface area (Å²) in [4.78, 5) is 4.88. The number of hydrogen-bond donors (Lipinski definition) is 0. The first-order valence-corrected chi connectivity index (χ1v) is 8.52. The Labute approximate surface area is 111 Å². The first-order valence-electron chi connectivity index (χ1n) is 5.75. The Hall–Kier alpha value is -1.20. The summed E-state index contributed by atoms with van der Waals surface area (Å²) in [5.41, 5.74) is 2.07. The van der Waals surface area contributed by atoms with E-state index < -0.39 is 9.84 Å². The van der Waals surface area contributed by atoms with Crippen molar-refractivity contribution in [3.63, 3.8) is 0 Å². The lowest BCUT2D eigenvalue weighted by Gasteiger charge is -1.99. The zero-order valence-electron chi connectivity index (χ0n) is 10.4. The molecule has 2 rings (SSSR count). The van der Waals surface area contributed by atoms with Crippen LogP contribution in [0.5, 0.6) is 0 Å². The minimum Gasteiger partial charge on any atom is -0.241 e. The number of aryl methyl sites for hydroxylation is 1. The highest BCUT2D eigenvalue weighted by Crippen LogP contribution is 2.25. The monoisotopic (exact) mass is 281 g/mol. The summed E-state index contributed by atoms with van der Waals surface area (Å²) >= 11 is 1.60. The molecule has 0 spiro atoms. The average molecular weight is 281 g/mol. The SMILES string of the molecule is CCCc1csc(-c2ccc(S(C)(=O)=O)cc2)n1. The highest BCUT2D eigenvalue weighted by molar-refractivity contribution is 7.90. The second kappa shape index (κ2) is 5.20. The standard InChI is InChI=1S/C13H15NO2S2/c1-3-4-11-9-17-13(14-11)10-5-7-12(8-6-10)18(2,15)16/h5-9H,3-4H2,1-2H3. The average Bonchev–Trinajstić information content (AvgIpc) is 2.77. The maximum absolute atomic E-state index is 11.4. The Morgan fingerprint density at radius 2 is 1.89 bits per heavy atom. The maximum atomic E-state index is 11.4. The summed E-state index contributed by atoms with van der Waals surface area (Å²) in [5.74, 6) is 0. The van der Waals surface area contributed by atoms with E-state index in [4.69, 9.17) is 0 Å². The molecule has 0 saturated heterocycles. The number of thiazole rings is 1. The molecule has 18 heavy (non-hydrogen) atoms. The van der Waals surface area contributed by atoms with Gasteiger partial charge in [-0.1, -0.05) is 25.5 Å². The van der Waals surface area contributed by atoms with Crippen LogP contribution < -0.4 is 0 Å². The molecule has 5 heteroatoms. The lowest BCUT2D eigenvalue weighted by Crippen LogP contribution is -1.96. The Balaban J connectivity index is 2.28. The smallest absolute Gasteiger partial charge is 0.175 e. The molecule has 1 aromatic carbocycles. The molecule has 0 radical (unpaired) electrons. The molecular weight excluding hydrogens is 266 g/mol. The maximum Gasteiger partial charge on any atom is 0.175 e. The molecule has 0 saturated carbocycles. The second-order valence-electron chi connectivity index (χ2n) is 4.19. The largest absolute Gasteiger partial charge is 0.241 e. The third-order valence-electron chi connectivity index (χ3n) is 2.59. The fraction of sp³-hybridized carbons (Fsp3) is 0.308. The van der Waals surface area contributed by atoms with Crippen LogP contribution in [-0.4, -0.2) is 19.7 Å². The van der Waals surface area contributed by atoms with Crippen LogP contribution in [0.1, 0.15) is 19.0 Å². The predicted molar refractivity (Wildman–Crippen MR) is 74.7 cm³/mol. The van der Waals surface area contributed by atoms with Crippen molar-refractivity contribution in [2.24, 2.45) is 0 Å². The molecule has 0 fully saturated rings. The van der Waals surface area contributed by atoms with E-state index in [0.29, 0.717) is 4.90 Å². The number of benzene rings is 1.